The molecule has 2 atom stereocenters. The number of amides is 2. The molecule has 2 amide bonds. The van der Waals surface area contributed by atoms with Gasteiger partial charge in [0.1, 0.15) is 6.61 Å². The molecule has 1 fully saturated rings. The average Bonchev–Trinajstić information content (AvgIpc) is 2.25. The molecule has 1 rings (SSSR count). The highest BCUT2D eigenvalue weighted by atomic mass is 16.5. The van der Waals surface area contributed by atoms with E-state index in [0.717, 1.165) is 12.8 Å². The largest absolute Gasteiger partial charge is 0.369 e. The maximum absolute atomic E-state index is 12.1. The molecule has 0 aromatic heterocycles. The second-order valence-corrected chi connectivity index (χ2v) is 5.97. The van der Waals surface area contributed by atoms with Crippen LogP contribution in [-0.2, 0) is 14.3 Å². The second-order valence-electron chi connectivity index (χ2n) is 5.97. The van der Waals surface area contributed by atoms with Crippen LogP contribution in [0.4, 0.5) is 0 Å². The first-order valence-corrected chi connectivity index (χ1v) is 6.43. The zero-order valence-electron chi connectivity index (χ0n) is 11.7. The van der Waals surface area contributed by atoms with E-state index in [1.54, 1.807) is 4.90 Å². The van der Waals surface area contributed by atoms with Crippen LogP contribution in [0.5, 0.6) is 0 Å². The van der Waals surface area contributed by atoms with Crippen molar-refractivity contribution < 1.29 is 14.3 Å². The minimum absolute atomic E-state index is 0.0549. The van der Waals surface area contributed by atoms with Crippen LogP contribution in [0.15, 0.2) is 0 Å². The molecule has 0 radical (unpaired) electrons. The van der Waals surface area contributed by atoms with Gasteiger partial charge in [-0.2, -0.15) is 0 Å². The van der Waals surface area contributed by atoms with Crippen molar-refractivity contribution in [3.05, 3.63) is 0 Å². The number of primary amides is 1. The Morgan fingerprint density at radius 2 is 1.94 bits per heavy atom. The zero-order valence-corrected chi connectivity index (χ0v) is 11.7. The van der Waals surface area contributed by atoms with Gasteiger partial charge in [0.25, 0.3) is 0 Å². The molecular weight excluding hydrogens is 232 g/mol. The lowest BCUT2D eigenvalue weighted by Crippen LogP contribution is -2.50. The van der Waals surface area contributed by atoms with Gasteiger partial charge in [-0.05, 0) is 40.5 Å². The molecule has 104 valence electrons. The van der Waals surface area contributed by atoms with Crippen molar-refractivity contribution in [3.8, 4) is 0 Å². The van der Waals surface area contributed by atoms with Crippen molar-refractivity contribution in [3.63, 3.8) is 0 Å². The predicted molar refractivity (Wildman–Crippen MR) is 68.8 cm³/mol. The van der Waals surface area contributed by atoms with E-state index in [1.165, 1.54) is 0 Å². The van der Waals surface area contributed by atoms with E-state index in [4.69, 9.17) is 10.5 Å². The van der Waals surface area contributed by atoms with Gasteiger partial charge in [0, 0.05) is 12.6 Å². The van der Waals surface area contributed by atoms with E-state index in [2.05, 4.69) is 0 Å². The fraction of sp³-hybridized carbons (Fsp3) is 0.846. The standard InChI is InChI=1S/C13H24N2O3/c1-9-5-6-10(12(14)17)7-15(9)11(16)8-18-13(2,3)4/h9-10H,5-8H2,1-4H3,(H2,14,17). The third-order valence-electron chi connectivity index (χ3n) is 3.23. The molecule has 5 heteroatoms. The number of carbonyl (C=O) groups is 2. The first-order chi connectivity index (χ1) is 8.20. The van der Waals surface area contributed by atoms with Gasteiger partial charge < -0.3 is 15.4 Å². The number of likely N-dealkylation sites (tertiary alicyclic amines) is 1. The van der Waals surface area contributed by atoms with Gasteiger partial charge in [0.15, 0.2) is 0 Å². The molecule has 1 aliphatic heterocycles. The van der Waals surface area contributed by atoms with E-state index in [-0.39, 0.29) is 36.0 Å². The van der Waals surface area contributed by atoms with Crippen LogP contribution < -0.4 is 5.73 Å². The van der Waals surface area contributed by atoms with E-state index in [0.29, 0.717) is 6.54 Å². The minimum atomic E-state index is -0.336. The first kappa shape index (κ1) is 15.0. The smallest absolute Gasteiger partial charge is 0.248 e. The number of hydrogen-bond acceptors (Lipinski definition) is 3. The Morgan fingerprint density at radius 1 is 1.33 bits per heavy atom. The van der Waals surface area contributed by atoms with Crippen molar-refractivity contribution in [1.82, 2.24) is 4.90 Å². The molecule has 0 aromatic carbocycles. The summed E-state index contributed by atoms with van der Waals surface area (Å²) in [5.41, 5.74) is 4.97. The summed E-state index contributed by atoms with van der Waals surface area (Å²) in [6, 6.07) is 0.150. The molecule has 18 heavy (non-hydrogen) atoms. The highest BCUT2D eigenvalue weighted by Crippen LogP contribution is 2.22. The zero-order chi connectivity index (χ0) is 13.9. The molecule has 0 bridgehead atoms. The SMILES string of the molecule is CC1CCC(C(N)=O)CN1C(=O)COC(C)(C)C. The molecule has 0 saturated carbocycles. The van der Waals surface area contributed by atoms with Crippen molar-refractivity contribution in [2.75, 3.05) is 13.2 Å². The Morgan fingerprint density at radius 3 is 2.44 bits per heavy atom. The highest BCUT2D eigenvalue weighted by molar-refractivity contribution is 5.81. The fourth-order valence-corrected chi connectivity index (χ4v) is 2.05. The molecule has 0 aromatic rings. The summed E-state index contributed by atoms with van der Waals surface area (Å²) in [5, 5.41) is 0. The van der Waals surface area contributed by atoms with Crippen LogP contribution in [0, 0.1) is 5.92 Å². The molecule has 0 spiro atoms. The van der Waals surface area contributed by atoms with Gasteiger partial charge >= 0.3 is 0 Å². The number of rotatable bonds is 3. The van der Waals surface area contributed by atoms with Crippen LogP contribution in [0.1, 0.15) is 40.5 Å². The van der Waals surface area contributed by atoms with Crippen molar-refractivity contribution in [1.29, 1.82) is 0 Å². The number of nitrogens with two attached hydrogens (primary N) is 1. The summed E-state index contributed by atoms with van der Waals surface area (Å²) >= 11 is 0. The minimum Gasteiger partial charge on any atom is -0.369 e. The third kappa shape index (κ3) is 4.29. The fourth-order valence-electron chi connectivity index (χ4n) is 2.05. The van der Waals surface area contributed by atoms with E-state index in [1.807, 2.05) is 27.7 Å². The van der Waals surface area contributed by atoms with Gasteiger partial charge in [-0.25, -0.2) is 0 Å². The number of ether oxygens (including phenoxy) is 1. The van der Waals surface area contributed by atoms with Gasteiger partial charge in [-0.15, -0.1) is 0 Å². The highest BCUT2D eigenvalue weighted by Gasteiger charge is 2.31. The lowest BCUT2D eigenvalue weighted by molar-refractivity contribution is -0.146. The molecule has 2 N–H and O–H groups in total. The lowest BCUT2D eigenvalue weighted by atomic mass is 9.93. The Bertz CT molecular complexity index is 323. The Labute approximate surface area is 109 Å². The maximum atomic E-state index is 12.1. The summed E-state index contributed by atoms with van der Waals surface area (Å²) in [4.78, 5) is 25.0. The van der Waals surface area contributed by atoms with Gasteiger partial charge in [0.2, 0.25) is 11.8 Å². The normalized spacial score (nSPS) is 25.0. The molecule has 2 unspecified atom stereocenters. The summed E-state index contributed by atoms with van der Waals surface area (Å²) in [6.07, 6.45) is 1.58. The van der Waals surface area contributed by atoms with Crippen LogP contribution >= 0.6 is 0 Å². The summed E-state index contributed by atoms with van der Waals surface area (Å²) in [6.45, 7) is 8.19. The Hall–Kier alpha value is -1.10. The maximum Gasteiger partial charge on any atom is 0.248 e. The van der Waals surface area contributed by atoms with E-state index < -0.39 is 0 Å². The number of nitrogens with zero attached hydrogens (tertiary/aromatic N) is 1. The predicted octanol–water partition coefficient (Wildman–Crippen LogP) is 0.914. The average molecular weight is 256 g/mol. The molecule has 0 aliphatic carbocycles. The monoisotopic (exact) mass is 256 g/mol. The van der Waals surface area contributed by atoms with Crippen molar-refractivity contribution in [2.24, 2.45) is 11.7 Å². The number of hydrogen-bond donors (Lipinski definition) is 1. The topological polar surface area (TPSA) is 72.6 Å². The van der Waals surface area contributed by atoms with Gasteiger partial charge in [-0.1, -0.05) is 0 Å². The van der Waals surface area contributed by atoms with Crippen molar-refractivity contribution >= 4 is 11.8 Å². The quantitative estimate of drug-likeness (QED) is 0.816. The summed E-state index contributed by atoms with van der Waals surface area (Å²) in [5.74, 6) is -0.611. The first-order valence-electron chi connectivity index (χ1n) is 6.43. The lowest BCUT2D eigenvalue weighted by Gasteiger charge is -2.37. The van der Waals surface area contributed by atoms with Gasteiger partial charge in [-0.3, -0.25) is 9.59 Å². The molecular formula is C13H24N2O3. The number of carbonyl (C=O) groups excluding carboxylic acids is 2. The van der Waals surface area contributed by atoms with Gasteiger partial charge in [0.05, 0.1) is 11.5 Å². The number of piperidine rings is 1. The van der Waals surface area contributed by atoms with Crippen LogP contribution in [-0.4, -0.2) is 41.5 Å². The Balaban J connectivity index is 2.57. The summed E-state index contributed by atoms with van der Waals surface area (Å²) in [7, 11) is 0. The Kier molecular flexibility index (Phi) is 4.73. The third-order valence-corrected chi connectivity index (χ3v) is 3.23. The van der Waals surface area contributed by atoms with E-state index >= 15 is 0 Å². The van der Waals surface area contributed by atoms with Crippen LogP contribution in [0.2, 0.25) is 0 Å². The molecule has 1 aliphatic rings. The molecule has 5 nitrogen and oxygen atoms in total. The van der Waals surface area contributed by atoms with Crippen LogP contribution in [0.3, 0.4) is 0 Å². The summed E-state index contributed by atoms with van der Waals surface area (Å²) < 4.78 is 5.48. The second kappa shape index (κ2) is 5.69. The molecule has 1 saturated heterocycles. The van der Waals surface area contributed by atoms with Crippen LogP contribution in [0.25, 0.3) is 0 Å². The van der Waals surface area contributed by atoms with E-state index in [9.17, 15) is 9.59 Å². The molecule has 1 heterocycles. The van der Waals surface area contributed by atoms with Crippen molar-refractivity contribution in [2.45, 2.75) is 52.2 Å².